The van der Waals surface area contributed by atoms with Gasteiger partial charge in [0.15, 0.2) is 0 Å². The van der Waals surface area contributed by atoms with Crippen molar-refractivity contribution >= 4 is 0 Å². The SMILES string of the molecule is CCC1O[C@H](CO)CC(O)C1O. The van der Waals surface area contributed by atoms with Gasteiger partial charge >= 0.3 is 0 Å². The van der Waals surface area contributed by atoms with E-state index in [2.05, 4.69) is 0 Å². The van der Waals surface area contributed by atoms with Crippen LogP contribution >= 0.6 is 0 Å². The number of hydrogen-bond donors (Lipinski definition) is 3. The second-order valence-corrected chi connectivity index (χ2v) is 3.18. The van der Waals surface area contributed by atoms with Crippen LogP contribution in [0.5, 0.6) is 0 Å². The van der Waals surface area contributed by atoms with Gasteiger partial charge < -0.3 is 20.1 Å². The molecule has 12 heavy (non-hydrogen) atoms. The van der Waals surface area contributed by atoms with Crippen molar-refractivity contribution < 1.29 is 20.1 Å². The van der Waals surface area contributed by atoms with Crippen LogP contribution in [0.15, 0.2) is 0 Å². The molecule has 1 saturated heterocycles. The Morgan fingerprint density at radius 2 is 2.08 bits per heavy atom. The Bertz CT molecular complexity index is 139. The molecule has 0 saturated carbocycles. The molecule has 0 aromatic heterocycles. The molecule has 4 heteroatoms. The summed E-state index contributed by atoms with van der Waals surface area (Å²) >= 11 is 0. The first kappa shape index (κ1) is 9.92. The quantitative estimate of drug-likeness (QED) is 0.518. The molecule has 1 aliphatic heterocycles. The van der Waals surface area contributed by atoms with Gasteiger partial charge in [0.2, 0.25) is 0 Å². The molecule has 1 aliphatic rings. The maximum atomic E-state index is 9.39. The van der Waals surface area contributed by atoms with Gasteiger partial charge in [0.1, 0.15) is 6.10 Å². The zero-order chi connectivity index (χ0) is 9.14. The maximum absolute atomic E-state index is 9.39. The molecule has 0 amide bonds. The molecule has 3 N–H and O–H groups in total. The van der Waals surface area contributed by atoms with Crippen LogP contribution in [0, 0.1) is 0 Å². The van der Waals surface area contributed by atoms with Gasteiger partial charge in [0.05, 0.1) is 24.9 Å². The summed E-state index contributed by atoms with van der Waals surface area (Å²) in [5, 5.41) is 27.5. The van der Waals surface area contributed by atoms with Gasteiger partial charge in [-0.05, 0) is 6.42 Å². The first-order valence-electron chi connectivity index (χ1n) is 4.31. The number of hydrogen-bond acceptors (Lipinski definition) is 4. The molecule has 4 nitrogen and oxygen atoms in total. The molecule has 0 aliphatic carbocycles. The Balaban J connectivity index is 2.52. The monoisotopic (exact) mass is 176 g/mol. The third kappa shape index (κ3) is 1.95. The molecular formula is C8H16O4. The highest BCUT2D eigenvalue weighted by Crippen LogP contribution is 2.21. The highest BCUT2D eigenvalue weighted by Gasteiger charge is 2.34. The molecule has 0 spiro atoms. The van der Waals surface area contributed by atoms with E-state index >= 15 is 0 Å². The number of aliphatic hydroxyl groups is 3. The van der Waals surface area contributed by atoms with Gasteiger partial charge in [-0.3, -0.25) is 0 Å². The first-order valence-corrected chi connectivity index (χ1v) is 4.31. The molecule has 3 unspecified atom stereocenters. The van der Waals surface area contributed by atoms with E-state index in [-0.39, 0.29) is 18.8 Å². The molecule has 0 radical (unpaired) electrons. The molecule has 0 aromatic carbocycles. The molecule has 0 aromatic rings. The second-order valence-electron chi connectivity index (χ2n) is 3.18. The topological polar surface area (TPSA) is 69.9 Å². The van der Waals surface area contributed by atoms with Gasteiger partial charge in [0.25, 0.3) is 0 Å². The lowest BCUT2D eigenvalue weighted by Crippen LogP contribution is -2.48. The van der Waals surface area contributed by atoms with Crippen molar-refractivity contribution in [2.75, 3.05) is 6.61 Å². The number of ether oxygens (including phenoxy) is 1. The molecule has 72 valence electrons. The van der Waals surface area contributed by atoms with Crippen LogP contribution in [0.3, 0.4) is 0 Å². The van der Waals surface area contributed by atoms with Gasteiger partial charge in [-0.15, -0.1) is 0 Å². The van der Waals surface area contributed by atoms with Crippen LogP contribution in [0.4, 0.5) is 0 Å². The van der Waals surface area contributed by atoms with Crippen molar-refractivity contribution in [3.8, 4) is 0 Å². The van der Waals surface area contributed by atoms with E-state index in [0.717, 1.165) is 0 Å². The maximum Gasteiger partial charge on any atom is 0.106 e. The van der Waals surface area contributed by atoms with Crippen molar-refractivity contribution in [2.45, 2.75) is 44.2 Å². The van der Waals surface area contributed by atoms with E-state index in [1.165, 1.54) is 0 Å². The minimum absolute atomic E-state index is 0.0969. The van der Waals surface area contributed by atoms with Crippen LogP contribution in [-0.2, 0) is 4.74 Å². The highest BCUT2D eigenvalue weighted by molar-refractivity contribution is 4.84. The molecule has 1 heterocycles. The van der Waals surface area contributed by atoms with Crippen LogP contribution in [0.2, 0.25) is 0 Å². The van der Waals surface area contributed by atoms with Crippen LogP contribution < -0.4 is 0 Å². The summed E-state index contributed by atoms with van der Waals surface area (Å²) in [6.45, 7) is 1.78. The van der Waals surface area contributed by atoms with Crippen molar-refractivity contribution in [2.24, 2.45) is 0 Å². The van der Waals surface area contributed by atoms with Crippen LogP contribution in [0.25, 0.3) is 0 Å². The van der Waals surface area contributed by atoms with E-state index in [1.54, 1.807) is 0 Å². The van der Waals surface area contributed by atoms with Crippen LogP contribution in [-0.4, -0.2) is 46.3 Å². The van der Waals surface area contributed by atoms with Crippen molar-refractivity contribution in [3.63, 3.8) is 0 Å². The van der Waals surface area contributed by atoms with E-state index in [9.17, 15) is 10.2 Å². The third-order valence-corrected chi connectivity index (χ3v) is 2.25. The van der Waals surface area contributed by atoms with E-state index < -0.39 is 12.2 Å². The largest absolute Gasteiger partial charge is 0.394 e. The normalized spacial score (nSPS) is 43.0. The average Bonchev–Trinajstić information content (AvgIpc) is 2.09. The Labute approximate surface area is 71.8 Å². The summed E-state index contributed by atoms with van der Waals surface area (Å²) in [6, 6.07) is 0. The van der Waals surface area contributed by atoms with E-state index in [4.69, 9.17) is 9.84 Å². The Hall–Kier alpha value is -0.160. The predicted molar refractivity (Wildman–Crippen MR) is 42.7 cm³/mol. The second kappa shape index (κ2) is 4.18. The van der Waals surface area contributed by atoms with Crippen molar-refractivity contribution in [1.29, 1.82) is 0 Å². The lowest BCUT2D eigenvalue weighted by molar-refractivity contribution is -0.177. The summed E-state index contributed by atoms with van der Waals surface area (Å²) in [6.07, 6.45) is -1.28. The summed E-state index contributed by atoms with van der Waals surface area (Å²) in [7, 11) is 0. The Morgan fingerprint density at radius 1 is 1.42 bits per heavy atom. The molecule has 0 bridgehead atoms. The fourth-order valence-electron chi connectivity index (χ4n) is 1.50. The first-order chi connectivity index (χ1) is 5.69. The van der Waals surface area contributed by atoms with Gasteiger partial charge in [-0.1, -0.05) is 6.92 Å². The average molecular weight is 176 g/mol. The van der Waals surface area contributed by atoms with Gasteiger partial charge in [-0.2, -0.15) is 0 Å². The fourth-order valence-corrected chi connectivity index (χ4v) is 1.50. The number of rotatable bonds is 2. The summed E-state index contributed by atoms with van der Waals surface area (Å²) in [5.74, 6) is 0. The van der Waals surface area contributed by atoms with E-state index in [1.807, 2.05) is 6.92 Å². The van der Waals surface area contributed by atoms with Crippen molar-refractivity contribution in [3.05, 3.63) is 0 Å². The van der Waals surface area contributed by atoms with Gasteiger partial charge in [-0.25, -0.2) is 0 Å². The van der Waals surface area contributed by atoms with Crippen molar-refractivity contribution in [1.82, 2.24) is 0 Å². The Morgan fingerprint density at radius 3 is 2.58 bits per heavy atom. The van der Waals surface area contributed by atoms with E-state index in [0.29, 0.717) is 12.8 Å². The standard InChI is InChI=1S/C8H16O4/c1-2-7-8(11)6(10)3-5(4-9)12-7/h5-11H,2-4H2,1H3/t5-,6?,7?,8?/m0/s1. The van der Waals surface area contributed by atoms with Gasteiger partial charge in [0, 0.05) is 6.42 Å². The predicted octanol–water partition coefficient (Wildman–Crippen LogP) is -0.732. The fraction of sp³-hybridized carbons (Fsp3) is 1.00. The smallest absolute Gasteiger partial charge is 0.106 e. The summed E-state index contributed by atoms with van der Waals surface area (Å²) in [4.78, 5) is 0. The molecule has 4 atom stereocenters. The number of aliphatic hydroxyl groups excluding tert-OH is 3. The minimum Gasteiger partial charge on any atom is -0.394 e. The van der Waals surface area contributed by atoms with Crippen LogP contribution in [0.1, 0.15) is 19.8 Å². The zero-order valence-corrected chi connectivity index (χ0v) is 7.18. The molecule has 1 fully saturated rings. The molecule has 1 rings (SSSR count). The highest BCUT2D eigenvalue weighted by atomic mass is 16.5. The summed E-state index contributed by atoms with van der Waals surface area (Å²) in [5.41, 5.74) is 0. The molecular weight excluding hydrogens is 160 g/mol. The minimum atomic E-state index is -0.808. The summed E-state index contributed by atoms with van der Waals surface area (Å²) < 4.78 is 5.31. The lowest BCUT2D eigenvalue weighted by Gasteiger charge is -2.36. The zero-order valence-electron chi connectivity index (χ0n) is 7.18. The third-order valence-electron chi connectivity index (χ3n) is 2.25. The Kier molecular flexibility index (Phi) is 3.46. The lowest BCUT2D eigenvalue weighted by atomic mass is 9.97.